The molecule has 1 aromatic heterocycles. The highest BCUT2D eigenvalue weighted by Gasteiger charge is 2.09. The number of nitrogens with one attached hydrogen (secondary N) is 2. The second-order valence-electron chi connectivity index (χ2n) is 4.81. The summed E-state index contributed by atoms with van der Waals surface area (Å²) < 4.78 is 1.82. The Balaban J connectivity index is 1.84. The summed E-state index contributed by atoms with van der Waals surface area (Å²) in [5.41, 5.74) is 0.867. The molecule has 0 atom stereocenters. The zero-order valence-electron chi connectivity index (χ0n) is 12.9. The SMILES string of the molecule is Cn1ccnc1SCC(=O)Nc1ccc(C(=O)NCC(=O)O)cc1. The average Bonchev–Trinajstić information content (AvgIpc) is 2.96. The second kappa shape index (κ2) is 8.16. The Labute approximate surface area is 142 Å². The number of carbonyl (C=O) groups is 3. The Bertz CT molecular complexity index is 742. The van der Waals surface area contributed by atoms with E-state index < -0.39 is 18.4 Å². The predicted octanol–water partition coefficient (Wildman–Crippen LogP) is 0.965. The number of nitrogens with zero attached hydrogens (tertiary/aromatic N) is 2. The molecule has 0 unspecified atom stereocenters. The van der Waals surface area contributed by atoms with E-state index in [9.17, 15) is 14.4 Å². The highest BCUT2D eigenvalue weighted by atomic mass is 32.2. The molecule has 1 aromatic carbocycles. The smallest absolute Gasteiger partial charge is 0.322 e. The minimum absolute atomic E-state index is 0.189. The molecule has 1 heterocycles. The van der Waals surface area contributed by atoms with E-state index in [2.05, 4.69) is 15.6 Å². The van der Waals surface area contributed by atoms with Gasteiger partial charge in [0.1, 0.15) is 6.54 Å². The molecular weight excluding hydrogens is 332 g/mol. The first-order valence-electron chi connectivity index (χ1n) is 6.95. The number of hydrogen-bond acceptors (Lipinski definition) is 5. The number of thioether (sulfide) groups is 1. The van der Waals surface area contributed by atoms with Gasteiger partial charge in [0.25, 0.3) is 5.91 Å². The normalized spacial score (nSPS) is 10.2. The van der Waals surface area contributed by atoms with Gasteiger partial charge >= 0.3 is 5.97 Å². The number of aliphatic carboxylic acids is 1. The van der Waals surface area contributed by atoms with E-state index in [0.29, 0.717) is 11.3 Å². The third-order valence-corrected chi connectivity index (χ3v) is 4.00. The lowest BCUT2D eigenvalue weighted by Gasteiger charge is -2.07. The molecule has 0 fully saturated rings. The molecular formula is C15H16N4O4S. The van der Waals surface area contributed by atoms with Crippen LogP contribution in [0.5, 0.6) is 0 Å². The van der Waals surface area contributed by atoms with Crippen LogP contribution in [0.3, 0.4) is 0 Å². The van der Waals surface area contributed by atoms with Crippen LogP contribution in [0, 0.1) is 0 Å². The third kappa shape index (κ3) is 5.13. The molecule has 0 aliphatic carbocycles. The van der Waals surface area contributed by atoms with E-state index in [1.165, 1.54) is 23.9 Å². The lowest BCUT2D eigenvalue weighted by atomic mass is 10.2. The molecule has 126 valence electrons. The van der Waals surface area contributed by atoms with Crippen LogP contribution in [0.4, 0.5) is 5.69 Å². The Morgan fingerprint density at radius 1 is 1.25 bits per heavy atom. The van der Waals surface area contributed by atoms with E-state index in [1.807, 2.05) is 11.6 Å². The van der Waals surface area contributed by atoms with Gasteiger partial charge in [-0.15, -0.1) is 0 Å². The second-order valence-corrected chi connectivity index (χ2v) is 5.75. The van der Waals surface area contributed by atoms with E-state index in [-0.39, 0.29) is 11.7 Å². The van der Waals surface area contributed by atoms with Gasteiger partial charge in [-0.3, -0.25) is 14.4 Å². The fourth-order valence-electron chi connectivity index (χ4n) is 1.78. The predicted molar refractivity (Wildman–Crippen MR) is 89.0 cm³/mol. The summed E-state index contributed by atoms with van der Waals surface area (Å²) in [6.45, 7) is -0.443. The maximum atomic E-state index is 11.9. The van der Waals surface area contributed by atoms with Crippen molar-refractivity contribution in [1.29, 1.82) is 0 Å². The average molecular weight is 348 g/mol. The zero-order chi connectivity index (χ0) is 17.5. The van der Waals surface area contributed by atoms with Crippen LogP contribution in [0.15, 0.2) is 41.8 Å². The number of carboxylic acids is 1. The lowest BCUT2D eigenvalue weighted by molar-refractivity contribution is -0.135. The topological polar surface area (TPSA) is 113 Å². The van der Waals surface area contributed by atoms with Crippen molar-refractivity contribution in [2.24, 2.45) is 7.05 Å². The number of hydrogen-bond donors (Lipinski definition) is 3. The van der Waals surface area contributed by atoms with Gasteiger partial charge in [0.15, 0.2) is 5.16 Å². The number of amides is 2. The fourth-order valence-corrected chi connectivity index (χ4v) is 2.51. The molecule has 0 bridgehead atoms. The maximum absolute atomic E-state index is 11.9. The van der Waals surface area contributed by atoms with Crippen LogP contribution in [0.25, 0.3) is 0 Å². The molecule has 0 saturated carbocycles. The first-order chi connectivity index (χ1) is 11.5. The van der Waals surface area contributed by atoms with Crippen molar-refractivity contribution in [1.82, 2.24) is 14.9 Å². The van der Waals surface area contributed by atoms with Crippen molar-refractivity contribution < 1.29 is 19.5 Å². The first kappa shape index (κ1) is 17.5. The van der Waals surface area contributed by atoms with E-state index in [1.54, 1.807) is 24.5 Å². The van der Waals surface area contributed by atoms with Gasteiger partial charge in [0, 0.05) is 30.7 Å². The lowest BCUT2D eigenvalue weighted by Crippen LogP contribution is -2.29. The molecule has 0 aliphatic heterocycles. The minimum Gasteiger partial charge on any atom is -0.480 e. The summed E-state index contributed by atoms with van der Waals surface area (Å²) in [5.74, 6) is -1.57. The molecule has 2 rings (SSSR count). The minimum atomic E-state index is -1.11. The molecule has 3 N–H and O–H groups in total. The molecule has 2 aromatic rings. The fraction of sp³-hybridized carbons (Fsp3) is 0.200. The van der Waals surface area contributed by atoms with Crippen molar-refractivity contribution >= 4 is 35.2 Å². The van der Waals surface area contributed by atoms with Gasteiger partial charge in [-0.2, -0.15) is 0 Å². The largest absolute Gasteiger partial charge is 0.480 e. The summed E-state index contributed by atoms with van der Waals surface area (Å²) in [7, 11) is 1.85. The number of carboxylic acid groups (broad SMARTS) is 1. The van der Waals surface area contributed by atoms with Gasteiger partial charge in [0.2, 0.25) is 5.91 Å². The number of imidazole rings is 1. The van der Waals surface area contributed by atoms with E-state index in [0.717, 1.165) is 5.16 Å². The summed E-state index contributed by atoms with van der Waals surface area (Å²) >= 11 is 1.32. The number of rotatable bonds is 7. The van der Waals surface area contributed by atoms with Crippen LogP contribution >= 0.6 is 11.8 Å². The van der Waals surface area contributed by atoms with Gasteiger partial charge in [-0.25, -0.2) is 4.98 Å². The summed E-state index contributed by atoms with van der Waals surface area (Å²) in [4.78, 5) is 38.1. The van der Waals surface area contributed by atoms with Gasteiger partial charge in [0.05, 0.1) is 5.75 Å². The molecule has 9 heteroatoms. The van der Waals surface area contributed by atoms with Crippen LogP contribution in [-0.4, -0.2) is 44.7 Å². The van der Waals surface area contributed by atoms with Crippen molar-refractivity contribution in [3.63, 3.8) is 0 Å². The van der Waals surface area contributed by atoms with E-state index >= 15 is 0 Å². The summed E-state index contributed by atoms with van der Waals surface area (Å²) in [6, 6.07) is 6.19. The number of aromatic nitrogens is 2. The monoisotopic (exact) mass is 348 g/mol. The molecule has 0 radical (unpaired) electrons. The van der Waals surface area contributed by atoms with Crippen molar-refractivity contribution in [2.75, 3.05) is 17.6 Å². The van der Waals surface area contributed by atoms with Gasteiger partial charge in [-0.1, -0.05) is 11.8 Å². The number of carbonyl (C=O) groups excluding carboxylic acids is 2. The first-order valence-corrected chi connectivity index (χ1v) is 7.94. The van der Waals surface area contributed by atoms with Crippen molar-refractivity contribution in [3.8, 4) is 0 Å². The van der Waals surface area contributed by atoms with E-state index in [4.69, 9.17) is 5.11 Å². The standard InChI is InChI=1S/C15H16N4O4S/c1-19-7-6-16-15(19)24-9-12(20)18-11-4-2-10(3-5-11)14(23)17-8-13(21)22/h2-7H,8-9H2,1H3,(H,17,23)(H,18,20)(H,21,22). The highest BCUT2D eigenvalue weighted by Crippen LogP contribution is 2.15. The molecule has 8 nitrogen and oxygen atoms in total. The summed E-state index contributed by atoms with van der Waals surface area (Å²) in [5, 5.41) is 14.2. The van der Waals surface area contributed by atoms with Crippen LogP contribution in [0.2, 0.25) is 0 Å². The third-order valence-electron chi connectivity index (χ3n) is 2.94. The number of benzene rings is 1. The Hall–Kier alpha value is -2.81. The highest BCUT2D eigenvalue weighted by molar-refractivity contribution is 7.99. The van der Waals surface area contributed by atoms with Crippen molar-refractivity contribution in [3.05, 3.63) is 42.2 Å². The zero-order valence-corrected chi connectivity index (χ0v) is 13.7. The Kier molecular flexibility index (Phi) is 5.96. The van der Waals surface area contributed by atoms with Crippen LogP contribution in [-0.2, 0) is 16.6 Å². The summed E-state index contributed by atoms with van der Waals surface area (Å²) in [6.07, 6.45) is 3.46. The van der Waals surface area contributed by atoms with Crippen LogP contribution < -0.4 is 10.6 Å². The quantitative estimate of drug-likeness (QED) is 0.643. The molecule has 0 aliphatic rings. The van der Waals surface area contributed by atoms with Gasteiger partial charge in [-0.05, 0) is 24.3 Å². The molecule has 2 amide bonds. The molecule has 24 heavy (non-hydrogen) atoms. The number of aryl methyl sites for hydroxylation is 1. The van der Waals surface area contributed by atoms with Gasteiger partial charge < -0.3 is 20.3 Å². The maximum Gasteiger partial charge on any atom is 0.322 e. The Morgan fingerprint density at radius 3 is 2.54 bits per heavy atom. The van der Waals surface area contributed by atoms with Crippen LogP contribution in [0.1, 0.15) is 10.4 Å². The van der Waals surface area contributed by atoms with Crippen molar-refractivity contribution in [2.45, 2.75) is 5.16 Å². The Morgan fingerprint density at radius 2 is 1.96 bits per heavy atom. The molecule has 0 spiro atoms. The number of anilines is 1. The molecule has 0 saturated heterocycles.